The molecule has 0 unspecified atom stereocenters. The Morgan fingerprint density at radius 3 is 2.83 bits per heavy atom. The third-order valence-electron chi connectivity index (χ3n) is 1.37. The van der Waals surface area contributed by atoms with Crippen molar-refractivity contribution in [3.8, 4) is 6.07 Å². The summed E-state index contributed by atoms with van der Waals surface area (Å²) in [4.78, 5) is 9.67. The number of anilines is 1. The first-order valence-electron chi connectivity index (χ1n) is 3.09. The zero-order valence-corrected chi connectivity index (χ0v) is 6.02. The van der Waals surface area contributed by atoms with Crippen LogP contribution in [0.3, 0.4) is 0 Å². The van der Waals surface area contributed by atoms with Crippen molar-refractivity contribution < 1.29 is 6.35 Å². The third-order valence-corrected chi connectivity index (χ3v) is 1.37. The smallest absolute Gasteiger partial charge is 0.398 e. The molecule has 0 radical (unpaired) electrons. The number of non-ortho nitro benzene ring substituents is 1. The van der Waals surface area contributed by atoms with Gasteiger partial charge in [0.15, 0.2) is 0 Å². The molecule has 5 heteroatoms. The number of nitro groups is 1. The van der Waals surface area contributed by atoms with E-state index < -0.39 is 4.92 Å². The zero-order chi connectivity index (χ0) is 9.14. The number of nitrogens with zero attached hydrogens (tertiary/aromatic N) is 2. The molecular formula is C7H6N3O2+. The van der Waals surface area contributed by atoms with E-state index in [4.69, 9.17) is 11.0 Å². The van der Waals surface area contributed by atoms with Gasteiger partial charge in [-0.2, -0.15) is 5.26 Å². The molecule has 0 atom stereocenters. The SMILES string of the molecule is N#Cc1cc([N+](=O)[O-])ccc1N.[H+]. The summed E-state index contributed by atoms with van der Waals surface area (Å²) >= 11 is 0. The molecule has 0 aliphatic heterocycles. The molecule has 0 fully saturated rings. The average molecular weight is 164 g/mol. The number of benzene rings is 1. The zero-order valence-electron chi connectivity index (χ0n) is 7.02. The maximum Gasteiger partial charge on any atom is 1.00 e. The average Bonchev–Trinajstić information content (AvgIpc) is 2.05. The highest BCUT2D eigenvalue weighted by Crippen LogP contribution is 2.18. The Morgan fingerprint density at radius 2 is 2.33 bits per heavy atom. The summed E-state index contributed by atoms with van der Waals surface area (Å²) in [6.07, 6.45) is 0. The van der Waals surface area contributed by atoms with E-state index in [9.17, 15) is 10.1 Å². The molecule has 0 bridgehead atoms. The Kier molecular flexibility index (Phi) is 1.92. The molecule has 1 aromatic rings. The number of nitrogens with two attached hydrogens (primary N) is 1. The molecule has 0 saturated carbocycles. The quantitative estimate of drug-likeness (QED) is 0.383. The van der Waals surface area contributed by atoms with Crippen molar-refractivity contribution in [3.63, 3.8) is 0 Å². The summed E-state index contributed by atoms with van der Waals surface area (Å²) in [5.41, 5.74) is 5.61. The standard InChI is InChI=1S/C7H5N3O2/c8-4-5-3-6(10(11)12)1-2-7(5)9/h1-3H,9H2/p+1. The summed E-state index contributed by atoms with van der Waals surface area (Å²) in [5, 5.41) is 18.7. The van der Waals surface area contributed by atoms with E-state index in [0.29, 0.717) is 0 Å². The van der Waals surface area contributed by atoms with Crippen LogP contribution in [0.1, 0.15) is 6.99 Å². The fourth-order valence-corrected chi connectivity index (χ4v) is 0.755. The maximum absolute atomic E-state index is 10.2. The van der Waals surface area contributed by atoms with Crippen LogP contribution in [0.25, 0.3) is 0 Å². The molecular weight excluding hydrogens is 158 g/mol. The molecule has 0 saturated heterocycles. The molecule has 0 aliphatic rings. The fourth-order valence-electron chi connectivity index (χ4n) is 0.755. The summed E-state index contributed by atoms with van der Waals surface area (Å²) in [7, 11) is 0. The van der Waals surface area contributed by atoms with Crippen molar-refractivity contribution in [1.82, 2.24) is 0 Å². The number of nitro benzene ring substituents is 1. The molecule has 60 valence electrons. The number of hydrogen-bond donors (Lipinski definition) is 1. The highest BCUT2D eigenvalue weighted by molar-refractivity contribution is 5.58. The lowest BCUT2D eigenvalue weighted by Gasteiger charge is -1.95. The minimum absolute atomic E-state index is 0. The molecule has 1 aromatic carbocycles. The first kappa shape index (κ1) is 8.01. The highest BCUT2D eigenvalue weighted by atomic mass is 16.6. The fraction of sp³-hybridized carbons (Fsp3) is 0. The lowest BCUT2D eigenvalue weighted by molar-refractivity contribution is -0.384. The lowest BCUT2D eigenvalue weighted by atomic mass is 10.2. The Labute approximate surface area is 69.7 Å². The summed E-state index contributed by atoms with van der Waals surface area (Å²) < 4.78 is 0. The van der Waals surface area contributed by atoms with Crippen LogP contribution in [-0.2, 0) is 0 Å². The second kappa shape index (κ2) is 2.88. The van der Waals surface area contributed by atoms with E-state index in [1.807, 2.05) is 0 Å². The van der Waals surface area contributed by atoms with Crippen LogP contribution in [-0.4, -0.2) is 4.92 Å². The first-order valence-corrected chi connectivity index (χ1v) is 3.09. The minimum Gasteiger partial charge on any atom is -0.398 e. The number of rotatable bonds is 1. The largest absolute Gasteiger partial charge is 1.00 e. The summed E-state index contributed by atoms with van der Waals surface area (Å²) in [5.74, 6) is 0. The Balaban J connectivity index is 0.00000144. The van der Waals surface area contributed by atoms with E-state index in [0.717, 1.165) is 6.07 Å². The van der Waals surface area contributed by atoms with E-state index in [2.05, 4.69) is 0 Å². The second-order valence-electron chi connectivity index (χ2n) is 2.14. The topological polar surface area (TPSA) is 92.9 Å². The van der Waals surface area contributed by atoms with Gasteiger partial charge in [0.05, 0.1) is 10.5 Å². The molecule has 0 aromatic heterocycles. The van der Waals surface area contributed by atoms with Gasteiger partial charge in [0, 0.05) is 17.8 Å². The molecule has 0 amide bonds. The van der Waals surface area contributed by atoms with Crippen LogP contribution in [0.5, 0.6) is 0 Å². The van der Waals surface area contributed by atoms with Crippen LogP contribution in [0, 0.1) is 21.4 Å². The molecule has 0 heterocycles. The Hall–Kier alpha value is -2.09. The maximum atomic E-state index is 10.2. The van der Waals surface area contributed by atoms with E-state index in [1.165, 1.54) is 12.1 Å². The van der Waals surface area contributed by atoms with Gasteiger partial charge in [-0.1, -0.05) is 0 Å². The molecule has 12 heavy (non-hydrogen) atoms. The van der Waals surface area contributed by atoms with Crippen LogP contribution in [0.2, 0.25) is 0 Å². The highest BCUT2D eigenvalue weighted by Gasteiger charge is 2.07. The van der Waals surface area contributed by atoms with Crippen molar-refractivity contribution in [2.45, 2.75) is 0 Å². The number of nitrogen functional groups attached to an aromatic ring is 1. The molecule has 1 rings (SSSR count). The van der Waals surface area contributed by atoms with Crippen molar-refractivity contribution in [3.05, 3.63) is 33.9 Å². The van der Waals surface area contributed by atoms with Gasteiger partial charge >= 0.3 is 1.43 Å². The Bertz CT molecular complexity index is 372. The van der Waals surface area contributed by atoms with Gasteiger partial charge in [-0.3, -0.25) is 10.1 Å². The van der Waals surface area contributed by atoms with Gasteiger partial charge in [0.25, 0.3) is 5.69 Å². The number of nitriles is 1. The van der Waals surface area contributed by atoms with Gasteiger partial charge < -0.3 is 5.73 Å². The van der Waals surface area contributed by atoms with Gasteiger partial charge in [0.1, 0.15) is 6.07 Å². The monoisotopic (exact) mass is 164 g/mol. The van der Waals surface area contributed by atoms with Crippen LogP contribution in [0.15, 0.2) is 18.2 Å². The number of hydrogen-bond acceptors (Lipinski definition) is 4. The summed E-state index contributed by atoms with van der Waals surface area (Å²) in [6, 6.07) is 5.51. The normalized spacial score (nSPS) is 8.92. The third kappa shape index (κ3) is 1.32. The molecule has 0 spiro atoms. The summed E-state index contributed by atoms with van der Waals surface area (Å²) in [6.45, 7) is 0. The van der Waals surface area contributed by atoms with Crippen molar-refractivity contribution in [1.29, 1.82) is 5.26 Å². The van der Waals surface area contributed by atoms with Gasteiger partial charge in [-0.25, -0.2) is 0 Å². The minimum atomic E-state index is -0.569. The van der Waals surface area contributed by atoms with Crippen molar-refractivity contribution in [2.75, 3.05) is 5.73 Å². The van der Waals surface area contributed by atoms with Gasteiger partial charge in [-0.05, 0) is 6.07 Å². The predicted octanol–water partition coefficient (Wildman–Crippen LogP) is 1.16. The van der Waals surface area contributed by atoms with E-state index in [1.54, 1.807) is 6.07 Å². The van der Waals surface area contributed by atoms with Crippen LogP contribution < -0.4 is 5.73 Å². The van der Waals surface area contributed by atoms with Gasteiger partial charge in [0.2, 0.25) is 0 Å². The predicted molar refractivity (Wildman–Crippen MR) is 43.3 cm³/mol. The van der Waals surface area contributed by atoms with E-state index in [-0.39, 0.29) is 18.4 Å². The second-order valence-corrected chi connectivity index (χ2v) is 2.14. The van der Waals surface area contributed by atoms with E-state index >= 15 is 0 Å². The lowest BCUT2D eigenvalue weighted by Crippen LogP contribution is -1.93. The molecule has 2 N–H and O–H groups in total. The van der Waals surface area contributed by atoms with Crippen molar-refractivity contribution >= 4 is 11.4 Å². The Morgan fingerprint density at radius 1 is 1.67 bits per heavy atom. The molecule has 5 nitrogen and oxygen atoms in total. The van der Waals surface area contributed by atoms with Gasteiger partial charge in [-0.15, -0.1) is 0 Å². The van der Waals surface area contributed by atoms with Crippen molar-refractivity contribution in [2.24, 2.45) is 0 Å². The molecule has 0 aliphatic carbocycles. The first-order chi connectivity index (χ1) is 5.65. The van der Waals surface area contributed by atoms with Crippen LogP contribution in [0.4, 0.5) is 11.4 Å². The van der Waals surface area contributed by atoms with Crippen LogP contribution >= 0.6 is 0 Å².